The van der Waals surface area contributed by atoms with Crippen LogP contribution in [0.15, 0.2) is 40.4 Å². The highest BCUT2D eigenvalue weighted by Crippen LogP contribution is 2.22. The molecule has 1 aliphatic rings. The molecule has 164 valence electrons. The monoisotopic (exact) mass is 460 g/mol. The third-order valence-electron chi connectivity index (χ3n) is 5.02. The number of aromatic nitrogens is 4. The Hall–Kier alpha value is -2.50. The Morgan fingerprint density at radius 2 is 1.81 bits per heavy atom. The first-order valence-corrected chi connectivity index (χ1v) is 12.5. The molecule has 1 aliphatic heterocycles. The number of amides is 1. The highest BCUT2D eigenvalue weighted by atomic mass is 32.2. The molecule has 0 spiro atoms. The van der Waals surface area contributed by atoms with Crippen molar-refractivity contribution in [2.45, 2.75) is 43.2 Å². The Bertz CT molecular complexity index is 1200. The average Bonchev–Trinajstić information content (AvgIpc) is 3.17. The van der Waals surface area contributed by atoms with Gasteiger partial charge in [-0.15, -0.1) is 5.10 Å². The van der Waals surface area contributed by atoms with E-state index in [9.17, 15) is 13.2 Å². The number of carbonyl (C=O) groups excluding carboxylic acids is 1. The van der Waals surface area contributed by atoms with Crippen molar-refractivity contribution < 1.29 is 13.2 Å². The number of thioether (sulfide) groups is 1. The first-order valence-electron chi connectivity index (χ1n) is 10.1. The predicted octanol–water partition coefficient (Wildman–Crippen LogP) is 2.65. The largest absolute Gasteiger partial charge is 0.325 e. The van der Waals surface area contributed by atoms with Crippen LogP contribution in [-0.4, -0.2) is 57.1 Å². The molecule has 0 aliphatic carbocycles. The van der Waals surface area contributed by atoms with Crippen molar-refractivity contribution in [3.05, 3.63) is 41.7 Å². The van der Waals surface area contributed by atoms with Crippen LogP contribution in [0.25, 0.3) is 5.78 Å². The summed E-state index contributed by atoms with van der Waals surface area (Å²) in [5.41, 5.74) is 2.32. The standard InChI is InChI=1S/C20H24N6O3S2/c1-14-12-15(2)26-19(21-14)23-20(24-26)30-13-18(27)22-16-6-8-17(9-7-16)31(28,29)25-10-4-3-5-11-25/h6-9,12H,3-5,10-11,13H2,1-2H3,(H,22,27). The normalized spacial score (nSPS) is 15.3. The van der Waals surface area contributed by atoms with E-state index in [0.29, 0.717) is 29.7 Å². The predicted molar refractivity (Wildman–Crippen MR) is 119 cm³/mol. The highest BCUT2D eigenvalue weighted by Gasteiger charge is 2.25. The van der Waals surface area contributed by atoms with Crippen LogP contribution < -0.4 is 5.32 Å². The zero-order valence-corrected chi connectivity index (χ0v) is 19.0. The van der Waals surface area contributed by atoms with Crippen LogP contribution in [0.4, 0.5) is 5.69 Å². The van der Waals surface area contributed by atoms with Crippen LogP contribution >= 0.6 is 11.8 Å². The van der Waals surface area contributed by atoms with Crippen LogP contribution in [0.2, 0.25) is 0 Å². The zero-order chi connectivity index (χ0) is 22.0. The van der Waals surface area contributed by atoms with E-state index in [1.54, 1.807) is 16.6 Å². The third kappa shape index (κ3) is 4.89. The lowest BCUT2D eigenvalue weighted by Gasteiger charge is -2.25. The molecular weight excluding hydrogens is 436 g/mol. The lowest BCUT2D eigenvalue weighted by molar-refractivity contribution is -0.113. The van der Waals surface area contributed by atoms with Gasteiger partial charge in [-0.1, -0.05) is 18.2 Å². The fourth-order valence-electron chi connectivity index (χ4n) is 3.50. The minimum absolute atomic E-state index is 0.128. The van der Waals surface area contributed by atoms with Gasteiger partial charge in [0, 0.05) is 30.2 Å². The van der Waals surface area contributed by atoms with Gasteiger partial charge in [-0.05, 0) is 57.0 Å². The number of anilines is 1. The molecule has 1 N–H and O–H groups in total. The SMILES string of the molecule is Cc1cc(C)n2nc(SCC(=O)Nc3ccc(S(=O)(=O)N4CCCCC4)cc3)nc2n1. The van der Waals surface area contributed by atoms with Gasteiger partial charge in [0.1, 0.15) is 0 Å². The Kier molecular flexibility index (Phi) is 6.26. The Balaban J connectivity index is 1.36. The summed E-state index contributed by atoms with van der Waals surface area (Å²) in [6, 6.07) is 8.20. The molecule has 4 rings (SSSR count). The van der Waals surface area contributed by atoms with Gasteiger partial charge in [-0.2, -0.15) is 9.29 Å². The zero-order valence-electron chi connectivity index (χ0n) is 17.4. The Morgan fingerprint density at radius 3 is 2.52 bits per heavy atom. The summed E-state index contributed by atoms with van der Waals surface area (Å²) < 4.78 is 28.6. The molecule has 9 nitrogen and oxygen atoms in total. The summed E-state index contributed by atoms with van der Waals surface area (Å²) in [7, 11) is -3.48. The molecule has 0 atom stereocenters. The molecule has 31 heavy (non-hydrogen) atoms. The van der Waals surface area contributed by atoms with Crippen molar-refractivity contribution in [1.82, 2.24) is 23.9 Å². The first-order chi connectivity index (χ1) is 14.8. The van der Waals surface area contributed by atoms with Crippen LogP contribution in [0.1, 0.15) is 30.7 Å². The molecular formula is C20H24N6O3S2. The number of hydrogen-bond acceptors (Lipinski definition) is 7. The minimum atomic E-state index is -3.48. The second-order valence-electron chi connectivity index (χ2n) is 7.47. The van der Waals surface area contributed by atoms with E-state index >= 15 is 0 Å². The number of hydrogen-bond donors (Lipinski definition) is 1. The number of fused-ring (bicyclic) bond motifs is 1. The van der Waals surface area contributed by atoms with Gasteiger partial charge in [0.25, 0.3) is 5.78 Å². The van der Waals surface area contributed by atoms with Crippen LogP contribution in [0, 0.1) is 13.8 Å². The molecule has 1 aromatic carbocycles. The van der Waals surface area contributed by atoms with Crippen LogP contribution in [0.5, 0.6) is 0 Å². The average molecular weight is 461 g/mol. The van der Waals surface area contributed by atoms with Crippen LogP contribution in [-0.2, 0) is 14.8 Å². The molecule has 0 unspecified atom stereocenters. The third-order valence-corrected chi connectivity index (χ3v) is 7.77. The molecule has 11 heteroatoms. The Labute approximate surface area is 185 Å². The maximum Gasteiger partial charge on any atom is 0.253 e. The maximum atomic E-state index is 12.7. The lowest BCUT2D eigenvalue weighted by atomic mass is 10.2. The summed E-state index contributed by atoms with van der Waals surface area (Å²) in [5, 5.41) is 7.62. The molecule has 0 radical (unpaired) electrons. The fourth-order valence-corrected chi connectivity index (χ4v) is 5.64. The minimum Gasteiger partial charge on any atom is -0.325 e. The number of carbonyl (C=O) groups is 1. The van der Waals surface area contributed by atoms with Crippen molar-refractivity contribution in [2.75, 3.05) is 24.2 Å². The molecule has 1 fully saturated rings. The number of nitrogens with one attached hydrogen (secondary N) is 1. The molecule has 0 bridgehead atoms. The van der Waals surface area contributed by atoms with E-state index in [-0.39, 0.29) is 16.6 Å². The van der Waals surface area contributed by atoms with Gasteiger partial charge in [-0.3, -0.25) is 4.79 Å². The molecule has 3 heterocycles. The smallest absolute Gasteiger partial charge is 0.253 e. The van der Waals surface area contributed by atoms with Gasteiger partial charge < -0.3 is 5.32 Å². The molecule has 2 aromatic heterocycles. The number of piperidine rings is 1. The second kappa shape index (κ2) is 8.93. The maximum absolute atomic E-state index is 12.7. The molecule has 1 saturated heterocycles. The van der Waals surface area contributed by atoms with Crippen molar-refractivity contribution in [3.63, 3.8) is 0 Å². The number of rotatable bonds is 6. The molecule has 1 amide bonds. The van der Waals surface area contributed by atoms with Gasteiger partial charge in [0.05, 0.1) is 10.6 Å². The molecule has 0 saturated carbocycles. The number of aryl methyl sites for hydroxylation is 2. The number of nitrogens with zero attached hydrogens (tertiary/aromatic N) is 5. The second-order valence-corrected chi connectivity index (χ2v) is 10.4. The Morgan fingerprint density at radius 1 is 1.10 bits per heavy atom. The van der Waals surface area contributed by atoms with Crippen molar-refractivity contribution in [1.29, 1.82) is 0 Å². The summed E-state index contributed by atoms with van der Waals surface area (Å²) in [6.45, 7) is 4.94. The van der Waals surface area contributed by atoms with E-state index < -0.39 is 10.0 Å². The van der Waals surface area contributed by atoms with E-state index in [1.165, 1.54) is 28.2 Å². The van der Waals surface area contributed by atoms with Gasteiger partial charge in [-0.25, -0.2) is 17.9 Å². The van der Waals surface area contributed by atoms with Gasteiger partial charge in [0.2, 0.25) is 21.1 Å². The van der Waals surface area contributed by atoms with E-state index in [4.69, 9.17) is 0 Å². The first kappa shape index (κ1) is 21.7. The van der Waals surface area contributed by atoms with E-state index in [1.807, 2.05) is 19.9 Å². The van der Waals surface area contributed by atoms with Crippen molar-refractivity contribution >= 4 is 39.2 Å². The van der Waals surface area contributed by atoms with Crippen LogP contribution in [0.3, 0.4) is 0 Å². The van der Waals surface area contributed by atoms with Crippen molar-refractivity contribution in [3.8, 4) is 0 Å². The topological polar surface area (TPSA) is 110 Å². The number of sulfonamides is 1. The quantitative estimate of drug-likeness (QED) is 0.563. The summed E-state index contributed by atoms with van der Waals surface area (Å²) in [4.78, 5) is 21.2. The molecule has 3 aromatic rings. The lowest BCUT2D eigenvalue weighted by Crippen LogP contribution is -2.35. The fraction of sp³-hybridized carbons (Fsp3) is 0.400. The summed E-state index contributed by atoms with van der Waals surface area (Å²) >= 11 is 1.22. The van der Waals surface area contributed by atoms with Crippen molar-refractivity contribution in [2.24, 2.45) is 0 Å². The highest BCUT2D eigenvalue weighted by molar-refractivity contribution is 7.99. The summed E-state index contributed by atoms with van der Waals surface area (Å²) in [6.07, 6.45) is 2.85. The van der Waals surface area contributed by atoms with E-state index in [0.717, 1.165) is 30.7 Å². The number of benzene rings is 1. The van der Waals surface area contributed by atoms with Gasteiger partial charge in [0.15, 0.2) is 0 Å². The van der Waals surface area contributed by atoms with E-state index in [2.05, 4.69) is 20.4 Å². The van der Waals surface area contributed by atoms with Gasteiger partial charge >= 0.3 is 0 Å². The summed E-state index contributed by atoms with van der Waals surface area (Å²) in [5.74, 6) is 0.408.